The summed E-state index contributed by atoms with van der Waals surface area (Å²) in [6.07, 6.45) is 7.84. The highest BCUT2D eigenvalue weighted by atomic mass is 17.2. The molecule has 0 aliphatic rings. The summed E-state index contributed by atoms with van der Waals surface area (Å²) in [6.45, 7) is 4.39. The van der Waals surface area contributed by atoms with Crippen molar-refractivity contribution in [3.8, 4) is 0 Å². The Kier molecular flexibility index (Phi) is 16.4. The Bertz CT molecular complexity index is 355. The molecule has 0 radical (unpaired) electrons. The first kappa shape index (κ1) is 22.3. The van der Waals surface area contributed by atoms with E-state index < -0.39 is 5.97 Å². The van der Waals surface area contributed by atoms with Crippen molar-refractivity contribution in [2.45, 2.75) is 51.4 Å². The smallest absolute Gasteiger partial charge is 0.330 e. The molecule has 0 aromatic heterocycles. The molecule has 7 heteroatoms. The first-order valence-corrected chi connectivity index (χ1v) is 8.33. The Morgan fingerprint density at radius 1 is 0.792 bits per heavy atom. The summed E-state index contributed by atoms with van der Waals surface area (Å²) in [6, 6.07) is 0. The third kappa shape index (κ3) is 16.6. The van der Waals surface area contributed by atoms with Gasteiger partial charge in [0.15, 0.2) is 0 Å². The first-order valence-electron chi connectivity index (χ1n) is 8.33. The topological polar surface area (TPSA) is 88.1 Å². The lowest BCUT2D eigenvalue weighted by Crippen LogP contribution is -2.09. The number of hydrogen-bond acceptors (Lipinski definition) is 7. The molecule has 0 N–H and O–H groups in total. The van der Waals surface area contributed by atoms with E-state index in [0.717, 1.165) is 50.9 Å². The lowest BCUT2D eigenvalue weighted by Gasteiger charge is -2.05. The molecule has 138 valence electrons. The highest BCUT2D eigenvalue weighted by Crippen LogP contribution is 2.04. The largest absolute Gasteiger partial charge is 0.466 e. The SMILES string of the molecule is C=CC(=O)OCCOOCCCCCC(=O)OCCCCCC=O. The molecule has 0 rings (SSSR count). The molecular weight excluding hydrogens is 316 g/mol. The minimum atomic E-state index is -0.494. The predicted octanol–water partition coefficient (Wildman–Crippen LogP) is 2.53. The molecule has 0 heterocycles. The Hall–Kier alpha value is -1.73. The van der Waals surface area contributed by atoms with Crippen LogP contribution in [0.25, 0.3) is 0 Å². The van der Waals surface area contributed by atoms with Crippen molar-refractivity contribution in [1.29, 1.82) is 0 Å². The maximum absolute atomic E-state index is 11.4. The minimum absolute atomic E-state index is 0.117. The second kappa shape index (κ2) is 17.6. The molecule has 0 aromatic rings. The van der Waals surface area contributed by atoms with Gasteiger partial charge in [-0.05, 0) is 32.1 Å². The average molecular weight is 344 g/mol. The minimum Gasteiger partial charge on any atom is -0.466 e. The van der Waals surface area contributed by atoms with Crippen LogP contribution in [0.4, 0.5) is 0 Å². The van der Waals surface area contributed by atoms with E-state index >= 15 is 0 Å². The van der Waals surface area contributed by atoms with Crippen LogP contribution in [0.1, 0.15) is 51.4 Å². The van der Waals surface area contributed by atoms with E-state index in [-0.39, 0.29) is 19.2 Å². The summed E-state index contributed by atoms with van der Waals surface area (Å²) >= 11 is 0. The number of carbonyl (C=O) groups is 3. The number of ether oxygens (including phenoxy) is 2. The molecule has 0 amide bonds. The van der Waals surface area contributed by atoms with Gasteiger partial charge in [0.25, 0.3) is 0 Å². The van der Waals surface area contributed by atoms with Crippen LogP contribution in [-0.2, 0) is 33.6 Å². The van der Waals surface area contributed by atoms with Crippen molar-refractivity contribution in [2.24, 2.45) is 0 Å². The summed E-state index contributed by atoms with van der Waals surface area (Å²) in [4.78, 5) is 42.0. The fourth-order valence-corrected chi connectivity index (χ4v) is 1.72. The second-order valence-corrected chi connectivity index (χ2v) is 5.06. The normalized spacial score (nSPS) is 10.2. The zero-order valence-electron chi connectivity index (χ0n) is 14.2. The average Bonchev–Trinajstić information content (AvgIpc) is 2.59. The van der Waals surface area contributed by atoms with Gasteiger partial charge in [-0.1, -0.05) is 13.0 Å². The van der Waals surface area contributed by atoms with E-state index in [1.807, 2.05) is 0 Å². The van der Waals surface area contributed by atoms with Crippen molar-refractivity contribution >= 4 is 18.2 Å². The van der Waals surface area contributed by atoms with Gasteiger partial charge in [0.05, 0.1) is 13.2 Å². The summed E-state index contributed by atoms with van der Waals surface area (Å²) in [5.41, 5.74) is 0. The molecule has 0 aromatic carbocycles. The molecule has 24 heavy (non-hydrogen) atoms. The summed E-state index contributed by atoms with van der Waals surface area (Å²) in [5.74, 6) is -0.682. The molecule has 0 bridgehead atoms. The predicted molar refractivity (Wildman–Crippen MR) is 87.0 cm³/mol. The van der Waals surface area contributed by atoms with Gasteiger partial charge in [-0.15, -0.1) is 0 Å². The number of esters is 2. The van der Waals surface area contributed by atoms with Crippen molar-refractivity contribution in [1.82, 2.24) is 0 Å². The number of rotatable bonds is 17. The summed E-state index contributed by atoms with van der Waals surface area (Å²) in [5, 5.41) is 0. The van der Waals surface area contributed by atoms with Crippen LogP contribution in [0.5, 0.6) is 0 Å². The molecule has 0 aliphatic carbocycles. The van der Waals surface area contributed by atoms with Crippen molar-refractivity contribution < 1.29 is 33.6 Å². The van der Waals surface area contributed by atoms with E-state index in [0.29, 0.717) is 26.1 Å². The zero-order chi connectivity index (χ0) is 17.9. The van der Waals surface area contributed by atoms with Gasteiger partial charge in [-0.2, -0.15) is 0 Å². The van der Waals surface area contributed by atoms with Gasteiger partial charge in [0.1, 0.15) is 19.5 Å². The number of aldehydes is 1. The van der Waals surface area contributed by atoms with Crippen LogP contribution in [0, 0.1) is 0 Å². The van der Waals surface area contributed by atoms with E-state index in [1.54, 1.807) is 0 Å². The van der Waals surface area contributed by atoms with Crippen LogP contribution >= 0.6 is 0 Å². The maximum Gasteiger partial charge on any atom is 0.330 e. The Morgan fingerprint density at radius 2 is 1.50 bits per heavy atom. The standard InChI is InChI=1S/C17H28O7/c1-2-16(19)22-14-15-24-23-13-9-5-6-10-17(20)21-12-8-4-3-7-11-18/h2,11H,1,3-10,12-15H2. The summed E-state index contributed by atoms with van der Waals surface area (Å²) in [7, 11) is 0. The fraction of sp³-hybridized carbons (Fsp3) is 0.706. The van der Waals surface area contributed by atoms with Crippen LogP contribution in [-0.4, -0.2) is 44.7 Å². The van der Waals surface area contributed by atoms with Gasteiger partial charge in [0.2, 0.25) is 0 Å². The van der Waals surface area contributed by atoms with Gasteiger partial charge in [-0.3, -0.25) is 4.79 Å². The third-order valence-electron chi connectivity index (χ3n) is 3.00. The van der Waals surface area contributed by atoms with Crippen LogP contribution < -0.4 is 0 Å². The molecule has 0 aliphatic heterocycles. The molecule has 7 nitrogen and oxygen atoms in total. The van der Waals surface area contributed by atoms with E-state index in [4.69, 9.17) is 19.2 Å². The highest BCUT2D eigenvalue weighted by molar-refractivity contribution is 5.81. The van der Waals surface area contributed by atoms with Crippen LogP contribution in [0.15, 0.2) is 12.7 Å². The lowest BCUT2D eigenvalue weighted by atomic mass is 10.2. The fourth-order valence-electron chi connectivity index (χ4n) is 1.72. The van der Waals surface area contributed by atoms with E-state index in [9.17, 15) is 14.4 Å². The molecule has 0 spiro atoms. The molecule has 0 fully saturated rings. The first-order chi connectivity index (χ1) is 11.7. The Balaban J connectivity index is 3.20. The van der Waals surface area contributed by atoms with Crippen LogP contribution in [0.2, 0.25) is 0 Å². The van der Waals surface area contributed by atoms with Crippen molar-refractivity contribution in [2.75, 3.05) is 26.4 Å². The Morgan fingerprint density at radius 3 is 2.25 bits per heavy atom. The second-order valence-electron chi connectivity index (χ2n) is 5.06. The van der Waals surface area contributed by atoms with Crippen molar-refractivity contribution in [3.05, 3.63) is 12.7 Å². The van der Waals surface area contributed by atoms with Gasteiger partial charge >= 0.3 is 11.9 Å². The van der Waals surface area contributed by atoms with Crippen LogP contribution in [0.3, 0.4) is 0 Å². The zero-order valence-corrected chi connectivity index (χ0v) is 14.2. The third-order valence-corrected chi connectivity index (χ3v) is 3.00. The number of hydrogen-bond donors (Lipinski definition) is 0. The highest BCUT2D eigenvalue weighted by Gasteiger charge is 2.02. The monoisotopic (exact) mass is 344 g/mol. The maximum atomic E-state index is 11.4. The van der Waals surface area contributed by atoms with E-state index in [2.05, 4.69) is 6.58 Å². The Labute approximate surface area is 143 Å². The lowest BCUT2D eigenvalue weighted by molar-refractivity contribution is -0.298. The van der Waals surface area contributed by atoms with Gasteiger partial charge < -0.3 is 14.3 Å². The summed E-state index contributed by atoms with van der Waals surface area (Å²) < 4.78 is 9.78. The molecular formula is C17H28O7. The molecule has 0 unspecified atom stereocenters. The quantitative estimate of drug-likeness (QED) is 0.100. The van der Waals surface area contributed by atoms with E-state index in [1.165, 1.54) is 0 Å². The molecule has 0 saturated carbocycles. The van der Waals surface area contributed by atoms with Crippen molar-refractivity contribution in [3.63, 3.8) is 0 Å². The molecule has 0 atom stereocenters. The number of carbonyl (C=O) groups excluding carboxylic acids is 3. The number of unbranched alkanes of at least 4 members (excludes halogenated alkanes) is 5. The van der Waals surface area contributed by atoms with Gasteiger partial charge in [0, 0.05) is 18.9 Å². The molecule has 0 saturated heterocycles. The van der Waals surface area contributed by atoms with Gasteiger partial charge in [-0.25, -0.2) is 14.6 Å².